The molecule has 0 fully saturated rings. The van der Waals surface area contributed by atoms with Crippen molar-refractivity contribution >= 4 is 11.3 Å². The molecule has 1 atom stereocenters. The van der Waals surface area contributed by atoms with Gasteiger partial charge in [-0.1, -0.05) is 0 Å². The lowest BCUT2D eigenvalue weighted by atomic mass is 10.00. The van der Waals surface area contributed by atoms with Crippen LogP contribution in [0.25, 0.3) is 0 Å². The van der Waals surface area contributed by atoms with Crippen molar-refractivity contribution in [2.45, 2.75) is 32.9 Å². The summed E-state index contributed by atoms with van der Waals surface area (Å²) in [5.41, 5.74) is 0.970. The highest BCUT2D eigenvalue weighted by atomic mass is 32.1. The fourth-order valence-electron chi connectivity index (χ4n) is 1.96. The molecule has 2 aromatic heterocycles. The molecule has 0 aliphatic heterocycles. The van der Waals surface area contributed by atoms with Crippen LogP contribution in [0.5, 0.6) is 0 Å². The van der Waals surface area contributed by atoms with Gasteiger partial charge in [0.1, 0.15) is 5.60 Å². The van der Waals surface area contributed by atoms with Crippen molar-refractivity contribution < 1.29 is 5.11 Å². The first kappa shape index (κ1) is 14.2. The number of nitrogens with zero attached hydrogens (tertiary/aromatic N) is 3. The van der Waals surface area contributed by atoms with E-state index in [0.717, 1.165) is 22.8 Å². The smallest absolute Gasteiger partial charge is 0.102 e. The third kappa shape index (κ3) is 3.40. The van der Waals surface area contributed by atoms with Crippen LogP contribution in [0.4, 0.5) is 0 Å². The van der Waals surface area contributed by atoms with Gasteiger partial charge in [-0.05, 0) is 20.8 Å². The topological polar surface area (TPSA) is 63.0 Å². The van der Waals surface area contributed by atoms with E-state index in [0.29, 0.717) is 6.54 Å². The van der Waals surface area contributed by atoms with Crippen molar-refractivity contribution in [2.24, 2.45) is 7.05 Å². The van der Waals surface area contributed by atoms with Crippen molar-refractivity contribution in [1.82, 2.24) is 20.1 Å². The molecule has 0 aliphatic rings. The van der Waals surface area contributed by atoms with Crippen molar-refractivity contribution in [3.8, 4) is 0 Å². The van der Waals surface area contributed by atoms with Crippen LogP contribution in [0.3, 0.4) is 0 Å². The molecule has 0 amide bonds. The van der Waals surface area contributed by atoms with Gasteiger partial charge in [0.05, 0.1) is 16.9 Å². The van der Waals surface area contributed by atoms with Gasteiger partial charge in [0.2, 0.25) is 0 Å². The number of nitrogens with one attached hydrogen (secondary N) is 1. The molecule has 0 aliphatic carbocycles. The lowest BCUT2D eigenvalue weighted by Crippen LogP contribution is -2.34. The first-order valence-electron chi connectivity index (χ1n) is 6.23. The number of aromatic nitrogens is 3. The molecule has 19 heavy (non-hydrogen) atoms. The molecule has 1 unspecified atom stereocenters. The first-order valence-corrected chi connectivity index (χ1v) is 7.05. The predicted molar refractivity (Wildman–Crippen MR) is 76.1 cm³/mol. The molecule has 2 N–H and O–H groups in total. The lowest BCUT2D eigenvalue weighted by Gasteiger charge is -2.22. The second-order valence-electron chi connectivity index (χ2n) is 5.02. The van der Waals surface area contributed by atoms with Gasteiger partial charge in [-0.25, -0.2) is 4.98 Å². The third-order valence-corrected chi connectivity index (χ3v) is 4.15. The van der Waals surface area contributed by atoms with Crippen LogP contribution in [0.2, 0.25) is 0 Å². The molecule has 0 spiro atoms. The summed E-state index contributed by atoms with van der Waals surface area (Å²) in [4.78, 5) is 5.61. The van der Waals surface area contributed by atoms with E-state index in [-0.39, 0.29) is 0 Å². The molecule has 2 rings (SSSR count). The number of hydrogen-bond donors (Lipinski definition) is 2. The highest BCUT2D eigenvalue weighted by Gasteiger charge is 2.24. The summed E-state index contributed by atoms with van der Waals surface area (Å²) in [5, 5.41) is 18.9. The summed E-state index contributed by atoms with van der Waals surface area (Å²) in [6.07, 6.45) is 3.54. The van der Waals surface area contributed by atoms with Crippen LogP contribution < -0.4 is 5.32 Å². The van der Waals surface area contributed by atoms with Crippen molar-refractivity contribution in [3.05, 3.63) is 33.5 Å². The first-order chi connectivity index (χ1) is 8.88. The van der Waals surface area contributed by atoms with E-state index in [1.807, 2.05) is 27.1 Å². The molecule has 0 radical (unpaired) electrons. The Kier molecular flexibility index (Phi) is 4.03. The summed E-state index contributed by atoms with van der Waals surface area (Å²) < 4.78 is 1.69. The van der Waals surface area contributed by atoms with Gasteiger partial charge < -0.3 is 10.4 Å². The van der Waals surface area contributed by atoms with Gasteiger partial charge >= 0.3 is 0 Å². The van der Waals surface area contributed by atoms with E-state index in [1.54, 1.807) is 29.1 Å². The average Bonchev–Trinajstić information content (AvgIpc) is 2.86. The summed E-state index contributed by atoms with van der Waals surface area (Å²) in [6, 6.07) is 0. The average molecular weight is 280 g/mol. The van der Waals surface area contributed by atoms with Crippen LogP contribution in [0, 0.1) is 13.8 Å². The normalized spacial score (nSPS) is 14.6. The van der Waals surface area contributed by atoms with Gasteiger partial charge in [0.25, 0.3) is 0 Å². The van der Waals surface area contributed by atoms with Gasteiger partial charge in [-0.15, -0.1) is 11.3 Å². The maximum atomic E-state index is 10.4. The second-order valence-corrected chi connectivity index (χ2v) is 6.31. The minimum atomic E-state index is -0.915. The second kappa shape index (κ2) is 5.40. The van der Waals surface area contributed by atoms with Crippen molar-refractivity contribution in [3.63, 3.8) is 0 Å². The summed E-state index contributed by atoms with van der Waals surface area (Å²) in [7, 11) is 1.84. The third-order valence-electron chi connectivity index (χ3n) is 3.08. The quantitative estimate of drug-likeness (QED) is 0.871. The standard InChI is InChI=1S/C13H20N4OS/c1-9-12(19-10(2)16-9)6-14-8-13(3,18)11-5-15-17(4)7-11/h5,7,14,18H,6,8H2,1-4H3. The zero-order valence-corrected chi connectivity index (χ0v) is 12.6. The van der Waals surface area contributed by atoms with E-state index in [1.165, 1.54) is 4.88 Å². The summed E-state index contributed by atoms with van der Waals surface area (Å²) in [6.45, 7) is 7.03. The number of aliphatic hydroxyl groups is 1. The molecule has 2 heterocycles. The zero-order valence-electron chi connectivity index (χ0n) is 11.8. The number of aryl methyl sites for hydroxylation is 3. The maximum absolute atomic E-state index is 10.4. The Morgan fingerprint density at radius 2 is 2.21 bits per heavy atom. The number of hydrogen-bond acceptors (Lipinski definition) is 5. The molecular weight excluding hydrogens is 260 g/mol. The Labute approximate surface area is 117 Å². The molecule has 6 heteroatoms. The van der Waals surface area contributed by atoms with Gasteiger partial charge in [0.15, 0.2) is 0 Å². The highest BCUT2D eigenvalue weighted by molar-refractivity contribution is 7.11. The largest absolute Gasteiger partial charge is 0.384 e. The molecule has 0 aromatic carbocycles. The Morgan fingerprint density at radius 1 is 1.47 bits per heavy atom. The van der Waals surface area contributed by atoms with Gasteiger partial charge in [-0.2, -0.15) is 5.10 Å². The van der Waals surface area contributed by atoms with E-state index < -0.39 is 5.60 Å². The molecule has 5 nitrogen and oxygen atoms in total. The fourth-order valence-corrected chi connectivity index (χ4v) is 2.87. The number of rotatable bonds is 5. The van der Waals surface area contributed by atoms with Crippen LogP contribution in [0.1, 0.15) is 28.1 Å². The van der Waals surface area contributed by atoms with E-state index in [9.17, 15) is 5.11 Å². The van der Waals surface area contributed by atoms with Gasteiger partial charge in [0, 0.05) is 36.8 Å². The van der Waals surface area contributed by atoms with Gasteiger partial charge in [-0.3, -0.25) is 4.68 Å². The molecule has 0 saturated carbocycles. The Morgan fingerprint density at radius 3 is 2.74 bits per heavy atom. The minimum absolute atomic E-state index is 0.481. The SMILES string of the molecule is Cc1nc(C)c(CNCC(C)(O)c2cnn(C)c2)s1. The Balaban J connectivity index is 1.93. The molecule has 0 saturated heterocycles. The maximum Gasteiger partial charge on any atom is 0.102 e. The van der Waals surface area contributed by atoms with Crippen molar-refractivity contribution in [2.75, 3.05) is 6.54 Å². The molecule has 104 valence electrons. The van der Waals surface area contributed by atoms with Crippen LogP contribution in [-0.2, 0) is 19.2 Å². The highest BCUT2D eigenvalue weighted by Crippen LogP contribution is 2.20. The number of thiazole rings is 1. The summed E-state index contributed by atoms with van der Waals surface area (Å²) in [5.74, 6) is 0. The van der Waals surface area contributed by atoms with E-state index in [4.69, 9.17) is 0 Å². The Bertz CT molecular complexity index is 559. The van der Waals surface area contributed by atoms with Crippen LogP contribution in [0.15, 0.2) is 12.4 Å². The molecular formula is C13H20N4OS. The Hall–Kier alpha value is -1.24. The fraction of sp³-hybridized carbons (Fsp3) is 0.538. The van der Waals surface area contributed by atoms with Crippen LogP contribution in [-0.4, -0.2) is 26.4 Å². The minimum Gasteiger partial charge on any atom is -0.384 e. The molecule has 2 aromatic rings. The zero-order chi connectivity index (χ0) is 14.0. The summed E-state index contributed by atoms with van der Waals surface area (Å²) >= 11 is 1.69. The van der Waals surface area contributed by atoms with Crippen molar-refractivity contribution in [1.29, 1.82) is 0 Å². The van der Waals surface area contributed by atoms with E-state index >= 15 is 0 Å². The molecule has 0 bridgehead atoms. The van der Waals surface area contributed by atoms with Crippen LogP contribution >= 0.6 is 11.3 Å². The monoisotopic (exact) mass is 280 g/mol. The lowest BCUT2D eigenvalue weighted by molar-refractivity contribution is 0.0566. The predicted octanol–water partition coefficient (Wildman–Crippen LogP) is 1.49. The van der Waals surface area contributed by atoms with E-state index in [2.05, 4.69) is 15.4 Å².